The minimum absolute atomic E-state index is 0.0389. The van der Waals surface area contributed by atoms with Gasteiger partial charge in [-0.05, 0) is 30.2 Å². The molecule has 7 heteroatoms. The molecule has 26 heavy (non-hydrogen) atoms. The van der Waals surface area contributed by atoms with Gasteiger partial charge in [0, 0.05) is 12.2 Å². The number of methoxy groups -OCH3 is 1. The summed E-state index contributed by atoms with van der Waals surface area (Å²) in [5.41, 5.74) is 2.94. The lowest BCUT2D eigenvalue weighted by molar-refractivity contribution is -0.116. The summed E-state index contributed by atoms with van der Waals surface area (Å²) in [7, 11) is 1.59. The van der Waals surface area contributed by atoms with Crippen molar-refractivity contribution >= 4 is 23.4 Å². The van der Waals surface area contributed by atoms with E-state index < -0.39 is 0 Å². The Morgan fingerprint density at radius 2 is 2.00 bits per heavy atom. The SMILES string of the molecule is COc1ccccc1-c1nnc(SCC(=O)N2CCc3ccccc32)o1. The van der Waals surface area contributed by atoms with Crippen molar-refractivity contribution in [2.24, 2.45) is 0 Å². The van der Waals surface area contributed by atoms with Crippen LogP contribution in [-0.4, -0.2) is 35.5 Å². The molecular formula is C19H17N3O3S. The molecule has 1 aliphatic rings. The minimum Gasteiger partial charge on any atom is -0.496 e. The Morgan fingerprint density at radius 1 is 1.19 bits per heavy atom. The number of nitrogens with zero attached hydrogens (tertiary/aromatic N) is 3. The van der Waals surface area contributed by atoms with Crippen LogP contribution in [0.2, 0.25) is 0 Å². The zero-order chi connectivity index (χ0) is 17.9. The van der Waals surface area contributed by atoms with E-state index in [0.717, 1.165) is 24.2 Å². The van der Waals surface area contributed by atoms with Gasteiger partial charge in [-0.1, -0.05) is 42.1 Å². The van der Waals surface area contributed by atoms with Gasteiger partial charge in [-0.2, -0.15) is 0 Å². The molecule has 0 N–H and O–H groups in total. The van der Waals surface area contributed by atoms with Crippen molar-refractivity contribution in [3.63, 3.8) is 0 Å². The molecule has 1 amide bonds. The first-order chi connectivity index (χ1) is 12.8. The Labute approximate surface area is 155 Å². The highest BCUT2D eigenvalue weighted by Crippen LogP contribution is 2.31. The van der Waals surface area contributed by atoms with Crippen LogP contribution >= 0.6 is 11.8 Å². The number of thioether (sulfide) groups is 1. The summed E-state index contributed by atoms with van der Waals surface area (Å²) in [6, 6.07) is 15.4. The van der Waals surface area contributed by atoms with Gasteiger partial charge in [0.05, 0.1) is 18.4 Å². The normalized spacial score (nSPS) is 12.9. The number of para-hydroxylation sites is 2. The van der Waals surface area contributed by atoms with Gasteiger partial charge in [0.25, 0.3) is 11.1 Å². The fourth-order valence-corrected chi connectivity index (χ4v) is 3.64. The zero-order valence-electron chi connectivity index (χ0n) is 14.2. The van der Waals surface area contributed by atoms with Crippen LogP contribution in [0.4, 0.5) is 5.69 Å². The van der Waals surface area contributed by atoms with Gasteiger partial charge in [0.2, 0.25) is 5.91 Å². The maximum atomic E-state index is 12.6. The van der Waals surface area contributed by atoms with Gasteiger partial charge >= 0.3 is 0 Å². The molecule has 1 aromatic heterocycles. The summed E-state index contributed by atoms with van der Waals surface area (Å²) in [6.45, 7) is 0.717. The lowest BCUT2D eigenvalue weighted by atomic mass is 10.2. The fourth-order valence-electron chi connectivity index (χ4n) is 3.00. The van der Waals surface area contributed by atoms with Crippen molar-refractivity contribution < 1.29 is 13.9 Å². The lowest BCUT2D eigenvalue weighted by Crippen LogP contribution is -2.30. The molecule has 2 aromatic carbocycles. The maximum absolute atomic E-state index is 12.6. The van der Waals surface area contributed by atoms with E-state index in [9.17, 15) is 4.79 Å². The van der Waals surface area contributed by atoms with Crippen LogP contribution in [0.15, 0.2) is 58.2 Å². The molecule has 4 rings (SSSR count). The van der Waals surface area contributed by atoms with Crippen LogP contribution in [0.5, 0.6) is 5.75 Å². The van der Waals surface area contributed by atoms with E-state index in [0.29, 0.717) is 16.9 Å². The molecule has 0 saturated heterocycles. The Bertz CT molecular complexity index is 941. The number of hydrogen-bond donors (Lipinski definition) is 0. The Hall–Kier alpha value is -2.80. The van der Waals surface area contributed by atoms with Gasteiger partial charge in [-0.15, -0.1) is 10.2 Å². The van der Waals surface area contributed by atoms with Gasteiger partial charge in [0.15, 0.2) is 0 Å². The van der Waals surface area contributed by atoms with Gasteiger partial charge < -0.3 is 14.1 Å². The third-order valence-electron chi connectivity index (χ3n) is 4.25. The van der Waals surface area contributed by atoms with E-state index in [1.165, 1.54) is 17.3 Å². The molecule has 0 saturated carbocycles. The minimum atomic E-state index is 0.0389. The number of ether oxygens (including phenoxy) is 1. The number of fused-ring (bicyclic) bond motifs is 1. The molecular weight excluding hydrogens is 350 g/mol. The second-order valence-corrected chi connectivity index (χ2v) is 6.71. The van der Waals surface area contributed by atoms with Crippen LogP contribution < -0.4 is 9.64 Å². The highest BCUT2D eigenvalue weighted by molar-refractivity contribution is 7.99. The summed E-state index contributed by atoms with van der Waals surface area (Å²) in [6.07, 6.45) is 0.894. The summed E-state index contributed by atoms with van der Waals surface area (Å²) in [4.78, 5) is 14.4. The molecule has 2 heterocycles. The van der Waals surface area contributed by atoms with Crippen LogP contribution in [0.3, 0.4) is 0 Å². The van der Waals surface area contributed by atoms with E-state index in [2.05, 4.69) is 16.3 Å². The molecule has 0 bridgehead atoms. The van der Waals surface area contributed by atoms with E-state index in [1.807, 2.05) is 47.4 Å². The van der Waals surface area contributed by atoms with Crippen LogP contribution in [0.25, 0.3) is 11.5 Å². The monoisotopic (exact) mass is 367 g/mol. The number of carbonyl (C=O) groups is 1. The quantitative estimate of drug-likeness (QED) is 0.644. The van der Waals surface area contributed by atoms with Gasteiger partial charge in [-0.3, -0.25) is 4.79 Å². The first-order valence-electron chi connectivity index (χ1n) is 8.24. The molecule has 3 aromatic rings. The van der Waals surface area contributed by atoms with Gasteiger partial charge in [-0.25, -0.2) is 0 Å². The Morgan fingerprint density at radius 3 is 2.88 bits per heavy atom. The third kappa shape index (κ3) is 3.17. The first kappa shape index (κ1) is 16.7. The molecule has 0 atom stereocenters. The van der Waals surface area contributed by atoms with Crippen LogP contribution in [0.1, 0.15) is 5.56 Å². The molecule has 0 aliphatic carbocycles. The molecule has 0 fully saturated rings. The first-order valence-corrected chi connectivity index (χ1v) is 9.23. The van der Waals surface area contributed by atoms with Gasteiger partial charge in [0.1, 0.15) is 5.75 Å². The second kappa shape index (κ2) is 7.21. The molecule has 0 radical (unpaired) electrons. The summed E-state index contributed by atoms with van der Waals surface area (Å²) >= 11 is 1.25. The highest BCUT2D eigenvalue weighted by Gasteiger charge is 2.24. The van der Waals surface area contributed by atoms with E-state index in [-0.39, 0.29) is 11.7 Å². The smallest absolute Gasteiger partial charge is 0.277 e. The van der Waals surface area contributed by atoms with Crippen molar-refractivity contribution in [3.8, 4) is 17.2 Å². The molecule has 0 unspecified atom stereocenters. The zero-order valence-corrected chi connectivity index (χ0v) is 15.0. The van der Waals surface area contributed by atoms with Crippen molar-refractivity contribution in [2.45, 2.75) is 11.6 Å². The molecule has 6 nitrogen and oxygen atoms in total. The molecule has 1 aliphatic heterocycles. The van der Waals surface area contributed by atoms with Crippen LogP contribution in [-0.2, 0) is 11.2 Å². The van der Waals surface area contributed by atoms with E-state index in [4.69, 9.17) is 9.15 Å². The van der Waals surface area contributed by atoms with E-state index >= 15 is 0 Å². The van der Waals surface area contributed by atoms with Crippen molar-refractivity contribution in [1.29, 1.82) is 0 Å². The van der Waals surface area contributed by atoms with E-state index in [1.54, 1.807) is 7.11 Å². The number of rotatable bonds is 5. The standard InChI is InChI=1S/C19H17N3O3S/c1-24-16-9-5-3-7-14(16)18-20-21-19(25-18)26-12-17(23)22-11-10-13-6-2-4-8-15(13)22/h2-9H,10-12H2,1H3. The lowest BCUT2D eigenvalue weighted by Gasteiger charge is -2.16. The predicted molar refractivity (Wildman–Crippen MR) is 99.5 cm³/mol. The Balaban J connectivity index is 1.43. The predicted octanol–water partition coefficient (Wildman–Crippen LogP) is 3.43. The van der Waals surface area contributed by atoms with Crippen molar-refractivity contribution in [2.75, 3.05) is 24.3 Å². The number of amides is 1. The average Bonchev–Trinajstić information content (AvgIpc) is 3.33. The highest BCUT2D eigenvalue weighted by atomic mass is 32.2. The number of aromatic nitrogens is 2. The maximum Gasteiger partial charge on any atom is 0.277 e. The third-order valence-corrected chi connectivity index (χ3v) is 5.05. The van der Waals surface area contributed by atoms with Crippen molar-refractivity contribution in [1.82, 2.24) is 10.2 Å². The molecule has 0 spiro atoms. The average molecular weight is 367 g/mol. The largest absolute Gasteiger partial charge is 0.496 e. The summed E-state index contributed by atoms with van der Waals surface area (Å²) in [5.74, 6) is 1.33. The van der Waals surface area contributed by atoms with Crippen molar-refractivity contribution in [3.05, 3.63) is 54.1 Å². The number of anilines is 1. The second-order valence-electron chi connectivity index (χ2n) is 5.79. The molecule has 132 valence electrons. The summed E-state index contributed by atoms with van der Waals surface area (Å²) < 4.78 is 11.0. The number of benzene rings is 2. The van der Waals surface area contributed by atoms with Crippen LogP contribution in [0, 0.1) is 0 Å². The number of hydrogen-bond acceptors (Lipinski definition) is 6. The topological polar surface area (TPSA) is 68.5 Å². The number of carbonyl (C=O) groups excluding carboxylic acids is 1. The summed E-state index contributed by atoms with van der Waals surface area (Å²) in [5, 5.41) is 8.46. The fraction of sp³-hybridized carbons (Fsp3) is 0.211. The Kier molecular flexibility index (Phi) is 4.62.